The normalized spacial score (nSPS) is 12.0. The Morgan fingerprint density at radius 2 is 2.00 bits per heavy atom. The van der Waals surface area contributed by atoms with Crippen LogP contribution in [0.4, 0.5) is 0 Å². The first-order valence-electron chi connectivity index (χ1n) is 6.99. The summed E-state index contributed by atoms with van der Waals surface area (Å²) in [6.45, 7) is 6.04. The lowest BCUT2D eigenvalue weighted by atomic mass is 10.00. The molecule has 2 rings (SSSR count). The number of carbonyl (C=O) groups excluding carboxylic acids is 1. The van der Waals surface area contributed by atoms with Crippen molar-refractivity contribution >= 4 is 5.91 Å². The third kappa shape index (κ3) is 3.81. The molecule has 1 aromatic heterocycles. The Morgan fingerprint density at radius 3 is 2.71 bits per heavy atom. The third-order valence-corrected chi connectivity index (χ3v) is 3.49. The van der Waals surface area contributed by atoms with E-state index in [-0.39, 0.29) is 24.1 Å². The quantitative estimate of drug-likeness (QED) is 0.937. The van der Waals surface area contributed by atoms with Gasteiger partial charge in [-0.3, -0.25) is 9.59 Å². The average molecular weight is 284 g/mol. The molecule has 4 nitrogen and oxygen atoms in total. The van der Waals surface area contributed by atoms with E-state index < -0.39 is 0 Å². The van der Waals surface area contributed by atoms with Crippen molar-refractivity contribution in [1.82, 2.24) is 9.88 Å². The summed E-state index contributed by atoms with van der Waals surface area (Å²) >= 11 is 0. The molecule has 1 heterocycles. The predicted molar refractivity (Wildman–Crippen MR) is 83.2 cm³/mol. The molecule has 21 heavy (non-hydrogen) atoms. The van der Waals surface area contributed by atoms with Crippen LogP contribution in [0.5, 0.6) is 0 Å². The molecule has 4 heteroatoms. The molecular weight excluding hydrogens is 264 g/mol. The lowest BCUT2D eigenvalue weighted by Crippen LogP contribution is -2.33. The van der Waals surface area contributed by atoms with Crippen LogP contribution in [0.1, 0.15) is 29.7 Å². The molecule has 0 fully saturated rings. The van der Waals surface area contributed by atoms with Crippen molar-refractivity contribution in [3.05, 3.63) is 69.6 Å². The van der Waals surface area contributed by atoms with Crippen LogP contribution in [-0.4, -0.2) is 10.5 Å². The summed E-state index contributed by atoms with van der Waals surface area (Å²) in [5.41, 5.74) is 3.23. The van der Waals surface area contributed by atoms with Crippen molar-refractivity contribution in [2.24, 2.45) is 0 Å². The summed E-state index contributed by atoms with van der Waals surface area (Å²) in [5.74, 6) is -0.170. The van der Waals surface area contributed by atoms with E-state index in [1.165, 1.54) is 10.6 Å². The van der Waals surface area contributed by atoms with Gasteiger partial charge in [-0.1, -0.05) is 29.8 Å². The Labute approximate surface area is 124 Å². The van der Waals surface area contributed by atoms with Crippen LogP contribution < -0.4 is 10.9 Å². The van der Waals surface area contributed by atoms with Gasteiger partial charge in [0.2, 0.25) is 5.91 Å². The van der Waals surface area contributed by atoms with E-state index >= 15 is 0 Å². The van der Waals surface area contributed by atoms with Crippen molar-refractivity contribution in [2.75, 3.05) is 0 Å². The molecule has 0 aliphatic heterocycles. The van der Waals surface area contributed by atoms with Crippen molar-refractivity contribution in [3.8, 4) is 0 Å². The Balaban J connectivity index is 2.07. The summed E-state index contributed by atoms with van der Waals surface area (Å²) < 4.78 is 1.39. The summed E-state index contributed by atoms with van der Waals surface area (Å²) in [6, 6.07) is 10.9. The summed E-state index contributed by atoms with van der Waals surface area (Å²) in [5, 5.41) is 2.94. The molecule has 1 N–H and O–H groups in total. The van der Waals surface area contributed by atoms with Gasteiger partial charge in [0.05, 0.1) is 6.04 Å². The van der Waals surface area contributed by atoms with Gasteiger partial charge in [-0.05, 0) is 38.0 Å². The van der Waals surface area contributed by atoms with Gasteiger partial charge in [-0.15, -0.1) is 0 Å². The van der Waals surface area contributed by atoms with Crippen molar-refractivity contribution < 1.29 is 4.79 Å². The highest BCUT2D eigenvalue weighted by atomic mass is 16.2. The molecule has 0 aliphatic carbocycles. The van der Waals surface area contributed by atoms with Crippen LogP contribution in [0.25, 0.3) is 0 Å². The van der Waals surface area contributed by atoms with Gasteiger partial charge in [0.25, 0.3) is 5.56 Å². The molecule has 0 saturated heterocycles. The highest BCUT2D eigenvalue weighted by molar-refractivity contribution is 5.76. The molecule has 0 saturated carbocycles. The van der Waals surface area contributed by atoms with Crippen LogP contribution in [0, 0.1) is 13.8 Å². The summed E-state index contributed by atoms with van der Waals surface area (Å²) in [6.07, 6.45) is 1.62. The smallest absolute Gasteiger partial charge is 0.250 e. The zero-order valence-corrected chi connectivity index (χ0v) is 12.6. The second kappa shape index (κ2) is 6.39. The van der Waals surface area contributed by atoms with Gasteiger partial charge in [0, 0.05) is 12.3 Å². The maximum absolute atomic E-state index is 12.1. The number of rotatable bonds is 4. The zero-order chi connectivity index (χ0) is 15.4. The minimum absolute atomic E-state index is 0.0366. The molecule has 1 amide bonds. The van der Waals surface area contributed by atoms with E-state index in [4.69, 9.17) is 0 Å². The molecular formula is C17H20N2O2. The lowest BCUT2D eigenvalue weighted by Gasteiger charge is -2.17. The molecule has 1 aromatic carbocycles. The molecule has 110 valence electrons. The van der Waals surface area contributed by atoms with Gasteiger partial charge >= 0.3 is 0 Å². The van der Waals surface area contributed by atoms with Gasteiger partial charge in [0.15, 0.2) is 0 Å². The van der Waals surface area contributed by atoms with Gasteiger partial charge in [0.1, 0.15) is 6.54 Å². The first kappa shape index (κ1) is 15.0. The van der Waals surface area contributed by atoms with Crippen molar-refractivity contribution in [1.29, 1.82) is 0 Å². The fraction of sp³-hybridized carbons (Fsp3) is 0.294. The highest BCUT2D eigenvalue weighted by Gasteiger charge is 2.12. The van der Waals surface area contributed by atoms with Crippen LogP contribution in [0.15, 0.2) is 47.4 Å². The number of hydrogen-bond acceptors (Lipinski definition) is 2. The van der Waals surface area contributed by atoms with Gasteiger partial charge in [-0.2, -0.15) is 0 Å². The SMILES string of the molecule is Cc1ccc(C)c([C@@H](C)NC(=O)Cn2ccccc2=O)c1. The van der Waals surface area contributed by atoms with Crippen molar-refractivity contribution in [2.45, 2.75) is 33.4 Å². The molecule has 0 spiro atoms. The monoisotopic (exact) mass is 284 g/mol. The molecule has 0 radical (unpaired) electrons. The number of carbonyl (C=O) groups is 1. The number of nitrogens with one attached hydrogen (secondary N) is 1. The standard InChI is InChI=1S/C17H20N2O2/c1-12-7-8-13(2)15(10-12)14(3)18-16(20)11-19-9-5-4-6-17(19)21/h4-10,14H,11H2,1-3H3,(H,18,20)/t14-/m1/s1. The van der Waals surface area contributed by atoms with E-state index in [0.29, 0.717) is 0 Å². The largest absolute Gasteiger partial charge is 0.348 e. The van der Waals surface area contributed by atoms with Crippen LogP contribution >= 0.6 is 0 Å². The minimum atomic E-state index is -0.174. The molecule has 2 aromatic rings. The second-order valence-electron chi connectivity index (χ2n) is 5.32. The molecule has 0 bridgehead atoms. The molecule has 0 unspecified atom stereocenters. The highest BCUT2D eigenvalue weighted by Crippen LogP contribution is 2.18. The number of pyridine rings is 1. The summed E-state index contributed by atoms with van der Waals surface area (Å²) in [4.78, 5) is 23.7. The van der Waals surface area contributed by atoms with Crippen LogP contribution in [0.3, 0.4) is 0 Å². The Kier molecular flexibility index (Phi) is 4.58. The molecule has 0 aliphatic rings. The van der Waals surface area contributed by atoms with Crippen LogP contribution in [0.2, 0.25) is 0 Å². The van der Waals surface area contributed by atoms with E-state index in [1.54, 1.807) is 18.3 Å². The van der Waals surface area contributed by atoms with Crippen LogP contribution in [-0.2, 0) is 11.3 Å². The van der Waals surface area contributed by atoms with E-state index in [9.17, 15) is 9.59 Å². The fourth-order valence-electron chi connectivity index (χ4n) is 2.34. The average Bonchev–Trinajstić information content (AvgIpc) is 2.44. The molecule has 1 atom stereocenters. The van der Waals surface area contributed by atoms with Gasteiger partial charge in [-0.25, -0.2) is 0 Å². The fourth-order valence-corrected chi connectivity index (χ4v) is 2.34. The predicted octanol–water partition coefficient (Wildman–Crippen LogP) is 2.34. The second-order valence-corrected chi connectivity index (χ2v) is 5.32. The maximum Gasteiger partial charge on any atom is 0.250 e. The lowest BCUT2D eigenvalue weighted by molar-refractivity contribution is -0.122. The van der Waals surface area contributed by atoms with E-state index in [2.05, 4.69) is 23.5 Å². The van der Waals surface area contributed by atoms with Gasteiger partial charge < -0.3 is 9.88 Å². The maximum atomic E-state index is 12.1. The number of amides is 1. The Bertz CT molecular complexity index is 704. The Hall–Kier alpha value is -2.36. The Morgan fingerprint density at radius 1 is 1.24 bits per heavy atom. The number of hydrogen-bond donors (Lipinski definition) is 1. The number of nitrogens with zero attached hydrogens (tertiary/aromatic N) is 1. The number of benzene rings is 1. The number of aromatic nitrogens is 1. The zero-order valence-electron chi connectivity index (χ0n) is 12.6. The summed E-state index contributed by atoms with van der Waals surface area (Å²) in [7, 11) is 0. The van der Waals surface area contributed by atoms with E-state index in [0.717, 1.165) is 16.7 Å². The third-order valence-electron chi connectivity index (χ3n) is 3.49. The van der Waals surface area contributed by atoms with Crippen molar-refractivity contribution in [3.63, 3.8) is 0 Å². The minimum Gasteiger partial charge on any atom is -0.348 e. The first-order valence-corrected chi connectivity index (χ1v) is 6.99. The van der Waals surface area contributed by atoms with E-state index in [1.807, 2.05) is 20.8 Å². The topological polar surface area (TPSA) is 51.1 Å². The first-order chi connectivity index (χ1) is 9.97. The number of aryl methyl sites for hydroxylation is 2.